The molecule has 0 saturated carbocycles. The van der Waals surface area contributed by atoms with Crippen molar-refractivity contribution < 1.29 is 14.3 Å². The number of furan rings is 1. The molecule has 4 heteroatoms. The second-order valence-electron chi connectivity index (χ2n) is 5.09. The van der Waals surface area contributed by atoms with Crippen molar-refractivity contribution in [1.29, 1.82) is 0 Å². The molecule has 0 aliphatic rings. The Morgan fingerprint density at radius 3 is 2.52 bits per heavy atom. The summed E-state index contributed by atoms with van der Waals surface area (Å²) in [7, 11) is 2.06. The number of hydrogen-bond donors (Lipinski definition) is 1. The van der Waals surface area contributed by atoms with Crippen LogP contribution in [0.15, 0.2) is 47.1 Å². The van der Waals surface area contributed by atoms with Gasteiger partial charge < -0.3 is 9.52 Å². The first-order chi connectivity index (χ1) is 10.0. The van der Waals surface area contributed by atoms with Gasteiger partial charge in [0.05, 0.1) is 6.26 Å². The summed E-state index contributed by atoms with van der Waals surface area (Å²) in [5, 5.41) is 8.59. The fraction of sp³-hybridized carbons (Fsp3) is 0.235. The van der Waals surface area contributed by atoms with Crippen LogP contribution in [-0.4, -0.2) is 23.0 Å². The molecule has 0 atom stereocenters. The molecule has 0 aliphatic carbocycles. The average Bonchev–Trinajstić information content (AvgIpc) is 2.83. The Morgan fingerprint density at radius 1 is 1.24 bits per heavy atom. The van der Waals surface area contributed by atoms with Gasteiger partial charge in [0.2, 0.25) is 0 Å². The maximum absolute atomic E-state index is 10.5. The van der Waals surface area contributed by atoms with Crippen LogP contribution in [0.1, 0.15) is 22.5 Å². The van der Waals surface area contributed by atoms with E-state index in [2.05, 4.69) is 11.9 Å². The molecule has 110 valence electrons. The Bertz CT molecular complexity index is 626. The van der Waals surface area contributed by atoms with Gasteiger partial charge in [-0.1, -0.05) is 24.3 Å². The van der Waals surface area contributed by atoms with E-state index in [0.29, 0.717) is 0 Å². The highest BCUT2D eigenvalue weighted by atomic mass is 16.4. The summed E-state index contributed by atoms with van der Waals surface area (Å²) in [6.45, 7) is 3.63. The number of benzene rings is 1. The molecule has 0 radical (unpaired) electrons. The first-order valence-electron chi connectivity index (χ1n) is 6.76. The molecule has 0 amide bonds. The van der Waals surface area contributed by atoms with E-state index < -0.39 is 5.97 Å². The molecule has 1 aromatic carbocycles. The van der Waals surface area contributed by atoms with Crippen LogP contribution in [0.2, 0.25) is 0 Å². The zero-order valence-corrected chi connectivity index (χ0v) is 12.2. The maximum Gasteiger partial charge on any atom is 0.328 e. The predicted octanol–water partition coefficient (Wildman–Crippen LogP) is 3.32. The highest BCUT2D eigenvalue weighted by Gasteiger charge is 2.06. The van der Waals surface area contributed by atoms with Gasteiger partial charge in [-0.25, -0.2) is 4.79 Å². The molecule has 0 fully saturated rings. The van der Waals surface area contributed by atoms with E-state index in [-0.39, 0.29) is 0 Å². The van der Waals surface area contributed by atoms with E-state index in [1.165, 1.54) is 11.1 Å². The number of nitrogens with zero attached hydrogens (tertiary/aromatic N) is 1. The number of aliphatic carboxylic acids is 1. The fourth-order valence-electron chi connectivity index (χ4n) is 2.14. The molecule has 2 aromatic rings. The second kappa shape index (κ2) is 6.90. The number of carboxylic acids is 1. The molecular formula is C17H19NO3. The molecule has 0 bridgehead atoms. The van der Waals surface area contributed by atoms with Gasteiger partial charge in [-0.2, -0.15) is 0 Å². The predicted molar refractivity (Wildman–Crippen MR) is 81.7 cm³/mol. The van der Waals surface area contributed by atoms with E-state index in [9.17, 15) is 4.79 Å². The molecule has 1 aromatic heterocycles. The number of rotatable bonds is 6. The summed E-state index contributed by atoms with van der Waals surface area (Å²) in [5.41, 5.74) is 3.26. The fourth-order valence-corrected chi connectivity index (χ4v) is 2.14. The molecule has 1 N–H and O–H groups in total. The Labute approximate surface area is 124 Å². The molecular weight excluding hydrogens is 266 g/mol. The molecule has 4 nitrogen and oxygen atoms in total. The van der Waals surface area contributed by atoms with Crippen molar-refractivity contribution in [3.63, 3.8) is 0 Å². The minimum Gasteiger partial charge on any atom is -0.478 e. The largest absolute Gasteiger partial charge is 0.478 e. The van der Waals surface area contributed by atoms with E-state index >= 15 is 0 Å². The summed E-state index contributed by atoms with van der Waals surface area (Å²) in [4.78, 5) is 12.7. The molecule has 0 saturated heterocycles. The minimum atomic E-state index is -0.936. The average molecular weight is 285 g/mol. The zero-order valence-electron chi connectivity index (χ0n) is 12.2. The zero-order chi connectivity index (χ0) is 15.2. The summed E-state index contributed by atoms with van der Waals surface area (Å²) in [5.74, 6) is 0.0188. The van der Waals surface area contributed by atoms with Crippen LogP contribution in [0.5, 0.6) is 0 Å². The highest BCUT2D eigenvalue weighted by molar-refractivity contribution is 5.85. The van der Waals surface area contributed by atoms with Gasteiger partial charge in [0.1, 0.15) is 5.76 Å². The Kier molecular flexibility index (Phi) is 4.95. The van der Waals surface area contributed by atoms with Crippen LogP contribution in [0, 0.1) is 6.92 Å². The third-order valence-electron chi connectivity index (χ3n) is 3.26. The monoisotopic (exact) mass is 285 g/mol. The Hall–Kier alpha value is -2.33. The lowest BCUT2D eigenvalue weighted by Gasteiger charge is -2.16. The highest BCUT2D eigenvalue weighted by Crippen LogP contribution is 2.14. The molecule has 0 spiro atoms. The number of aryl methyl sites for hydroxylation is 1. The van der Waals surface area contributed by atoms with Crippen molar-refractivity contribution in [2.24, 2.45) is 0 Å². The molecule has 2 rings (SSSR count). The van der Waals surface area contributed by atoms with Crippen molar-refractivity contribution >= 4 is 12.0 Å². The van der Waals surface area contributed by atoms with Crippen molar-refractivity contribution in [2.45, 2.75) is 20.0 Å². The van der Waals surface area contributed by atoms with E-state index in [1.54, 1.807) is 12.3 Å². The minimum absolute atomic E-state index is 0.827. The lowest BCUT2D eigenvalue weighted by atomic mass is 10.1. The van der Waals surface area contributed by atoms with Gasteiger partial charge >= 0.3 is 5.97 Å². The SMILES string of the molecule is Cc1occc1CN(C)Cc1ccc(C=CC(=O)O)cc1. The summed E-state index contributed by atoms with van der Waals surface area (Å²) < 4.78 is 5.30. The smallest absolute Gasteiger partial charge is 0.328 e. The van der Waals surface area contributed by atoms with E-state index in [0.717, 1.165) is 30.5 Å². The third kappa shape index (κ3) is 4.61. The molecule has 0 aliphatic heterocycles. The van der Waals surface area contributed by atoms with Gasteiger partial charge in [0.25, 0.3) is 0 Å². The second-order valence-corrected chi connectivity index (χ2v) is 5.09. The molecule has 1 heterocycles. The molecule has 21 heavy (non-hydrogen) atoms. The quantitative estimate of drug-likeness (QED) is 0.827. The van der Waals surface area contributed by atoms with Crippen molar-refractivity contribution in [3.8, 4) is 0 Å². The lowest BCUT2D eigenvalue weighted by Crippen LogP contribution is -2.17. The van der Waals surface area contributed by atoms with Gasteiger partial charge in [0, 0.05) is 24.7 Å². The number of carbonyl (C=O) groups is 1. The van der Waals surface area contributed by atoms with Crippen LogP contribution >= 0.6 is 0 Å². The summed E-state index contributed by atoms with van der Waals surface area (Å²) in [6.07, 6.45) is 4.44. The molecule has 0 unspecified atom stereocenters. The summed E-state index contributed by atoms with van der Waals surface area (Å²) >= 11 is 0. The van der Waals surface area contributed by atoms with Crippen molar-refractivity contribution in [3.05, 3.63) is 65.1 Å². The standard InChI is InChI=1S/C17H19NO3/c1-13-16(9-10-21-13)12-18(2)11-15-5-3-14(4-6-15)7-8-17(19)20/h3-10H,11-12H2,1-2H3,(H,19,20). The Morgan fingerprint density at radius 2 is 1.95 bits per heavy atom. The van der Waals surface area contributed by atoms with Gasteiger partial charge in [0.15, 0.2) is 0 Å². The Balaban J connectivity index is 1.93. The van der Waals surface area contributed by atoms with Gasteiger partial charge in [-0.05, 0) is 37.2 Å². The van der Waals surface area contributed by atoms with E-state index in [1.807, 2.05) is 37.3 Å². The van der Waals surface area contributed by atoms with Crippen LogP contribution in [0.3, 0.4) is 0 Å². The first kappa shape index (κ1) is 15.1. The van der Waals surface area contributed by atoms with Crippen LogP contribution < -0.4 is 0 Å². The normalized spacial score (nSPS) is 11.4. The van der Waals surface area contributed by atoms with Crippen molar-refractivity contribution in [1.82, 2.24) is 4.90 Å². The van der Waals surface area contributed by atoms with Crippen LogP contribution in [-0.2, 0) is 17.9 Å². The van der Waals surface area contributed by atoms with E-state index in [4.69, 9.17) is 9.52 Å². The lowest BCUT2D eigenvalue weighted by molar-refractivity contribution is -0.131. The number of carboxylic acid groups (broad SMARTS) is 1. The first-order valence-corrected chi connectivity index (χ1v) is 6.76. The van der Waals surface area contributed by atoms with Gasteiger partial charge in [-0.15, -0.1) is 0 Å². The van der Waals surface area contributed by atoms with Crippen LogP contribution in [0.4, 0.5) is 0 Å². The third-order valence-corrected chi connectivity index (χ3v) is 3.26. The van der Waals surface area contributed by atoms with Crippen LogP contribution in [0.25, 0.3) is 6.08 Å². The maximum atomic E-state index is 10.5. The van der Waals surface area contributed by atoms with Crippen molar-refractivity contribution in [2.75, 3.05) is 7.05 Å². The topological polar surface area (TPSA) is 53.7 Å². The number of hydrogen-bond acceptors (Lipinski definition) is 3. The van der Waals surface area contributed by atoms with Gasteiger partial charge in [-0.3, -0.25) is 4.90 Å². The summed E-state index contributed by atoms with van der Waals surface area (Å²) in [6, 6.07) is 9.86.